The smallest absolute Gasteiger partial charge is 0.317 e. The van der Waals surface area contributed by atoms with Crippen molar-refractivity contribution in [2.75, 3.05) is 13.1 Å². The molecule has 0 spiro atoms. The maximum atomic E-state index is 12.5. The van der Waals surface area contributed by atoms with Gasteiger partial charge in [-0.1, -0.05) is 37.3 Å². The second kappa shape index (κ2) is 6.08. The van der Waals surface area contributed by atoms with Crippen molar-refractivity contribution in [2.24, 2.45) is 0 Å². The number of carbonyl (C=O) groups is 1. The molecular formula is C18H26N2O. The van der Waals surface area contributed by atoms with Gasteiger partial charge in [-0.15, -0.1) is 0 Å². The van der Waals surface area contributed by atoms with Crippen LogP contribution < -0.4 is 5.32 Å². The summed E-state index contributed by atoms with van der Waals surface area (Å²) in [5.41, 5.74) is 1.57. The van der Waals surface area contributed by atoms with E-state index in [1.54, 1.807) is 0 Å². The van der Waals surface area contributed by atoms with E-state index in [1.165, 1.54) is 24.8 Å². The first-order valence-electron chi connectivity index (χ1n) is 8.35. The highest BCUT2D eigenvalue weighted by molar-refractivity contribution is 5.75. The van der Waals surface area contributed by atoms with Gasteiger partial charge in [-0.25, -0.2) is 4.79 Å². The molecule has 2 fully saturated rings. The topological polar surface area (TPSA) is 32.3 Å². The number of urea groups is 1. The third-order valence-electron chi connectivity index (χ3n) is 5.18. The van der Waals surface area contributed by atoms with E-state index in [9.17, 15) is 4.79 Å². The zero-order chi connectivity index (χ0) is 14.7. The minimum atomic E-state index is 0.142. The highest BCUT2D eigenvalue weighted by Gasteiger charge is 2.44. The normalized spacial score (nSPS) is 23.7. The van der Waals surface area contributed by atoms with Gasteiger partial charge in [0.2, 0.25) is 0 Å². The highest BCUT2D eigenvalue weighted by atomic mass is 16.2. The number of amides is 2. The van der Waals surface area contributed by atoms with Gasteiger partial charge in [-0.3, -0.25) is 0 Å². The first kappa shape index (κ1) is 14.4. The largest absolute Gasteiger partial charge is 0.337 e. The molecule has 1 N–H and O–H groups in total. The minimum absolute atomic E-state index is 0.142. The predicted octanol–water partition coefficient (Wildman–Crippen LogP) is 3.69. The summed E-state index contributed by atoms with van der Waals surface area (Å²) in [6, 6.07) is 11.2. The number of piperidine rings is 1. The summed E-state index contributed by atoms with van der Waals surface area (Å²) >= 11 is 0. The van der Waals surface area contributed by atoms with Crippen LogP contribution in [0.1, 0.15) is 51.0 Å². The number of carbonyl (C=O) groups excluding carboxylic acids is 1. The van der Waals surface area contributed by atoms with E-state index >= 15 is 0 Å². The minimum Gasteiger partial charge on any atom is -0.337 e. The monoisotopic (exact) mass is 286 g/mol. The molecule has 1 aromatic carbocycles. The molecule has 0 radical (unpaired) electrons. The van der Waals surface area contributed by atoms with E-state index in [0.29, 0.717) is 6.04 Å². The zero-order valence-corrected chi connectivity index (χ0v) is 13.0. The number of rotatable bonds is 4. The Bertz CT molecular complexity index is 481. The van der Waals surface area contributed by atoms with Crippen molar-refractivity contribution in [1.29, 1.82) is 0 Å². The lowest BCUT2D eigenvalue weighted by Gasteiger charge is -2.35. The zero-order valence-electron chi connectivity index (χ0n) is 13.0. The molecule has 21 heavy (non-hydrogen) atoms. The number of nitrogens with one attached hydrogen (secondary N) is 1. The quantitative estimate of drug-likeness (QED) is 0.899. The number of benzene rings is 1. The Hall–Kier alpha value is -1.51. The Morgan fingerprint density at radius 1 is 1.29 bits per heavy atom. The summed E-state index contributed by atoms with van der Waals surface area (Å²) in [4.78, 5) is 14.5. The van der Waals surface area contributed by atoms with Crippen molar-refractivity contribution in [3.8, 4) is 0 Å². The lowest BCUT2D eigenvalue weighted by molar-refractivity contribution is 0.148. The molecule has 3 heteroatoms. The van der Waals surface area contributed by atoms with Gasteiger partial charge in [-0.2, -0.15) is 0 Å². The van der Waals surface area contributed by atoms with E-state index in [4.69, 9.17) is 0 Å². The van der Waals surface area contributed by atoms with Gasteiger partial charge in [0.05, 0.1) is 0 Å². The Labute approximate surface area is 127 Å². The van der Waals surface area contributed by atoms with Crippen LogP contribution in [-0.2, 0) is 5.41 Å². The molecule has 2 amide bonds. The third kappa shape index (κ3) is 3.07. The Balaban J connectivity index is 1.59. The van der Waals surface area contributed by atoms with Crippen LogP contribution in [0.15, 0.2) is 30.3 Å². The van der Waals surface area contributed by atoms with E-state index < -0.39 is 0 Å². The molecule has 1 saturated carbocycles. The summed E-state index contributed by atoms with van der Waals surface area (Å²) < 4.78 is 0. The maximum Gasteiger partial charge on any atom is 0.317 e. The van der Waals surface area contributed by atoms with Gasteiger partial charge in [0, 0.05) is 24.5 Å². The van der Waals surface area contributed by atoms with E-state index in [0.717, 1.165) is 32.4 Å². The Kier molecular flexibility index (Phi) is 4.18. The van der Waals surface area contributed by atoms with Gasteiger partial charge < -0.3 is 10.2 Å². The molecule has 114 valence electrons. The van der Waals surface area contributed by atoms with Crippen molar-refractivity contribution in [3.05, 3.63) is 35.9 Å². The van der Waals surface area contributed by atoms with Crippen molar-refractivity contribution < 1.29 is 4.79 Å². The molecule has 1 aliphatic heterocycles. The van der Waals surface area contributed by atoms with Crippen LogP contribution in [0.4, 0.5) is 4.79 Å². The van der Waals surface area contributed by atoms with Crippen molar-refractivity contribution in [3.63, 3.8) is 0 Å². The van der Waals surface area contributed by atoms with Gasteiger partial charge in [0.25, 0.3) is 0 Å². The molecule has 1 saturated heterocycles. The first-order chi connectivity index (χ1) is 10.2. The molecule has 1 unspecified atom stereocenters. The SMILES string of the molecule is CCC1CCCCN1C(=O)NCC1(c2ccccc2)CC1. The summed E-state index contributed by atoms with van der Waals surface area (Å²) in [7, 11) is 0. The van der Waals surface area contributed by atoms with Crippen LogP contribution in [0.5, 0.6) is 0 Å². The van der Waals surface area contributed by atoms with E-state index in [1.807, 2.05) is 0 Å². The van der Waals surface area contributed by atoms with Crippen molar-refractivity contribution in [2.45, 2.75) is 56.9 Å². The predicted molar refractivity (Wildman–Crippen MR) is 85.4 cm³/mol. The van der Waals surface area contributed by atoms with Crippen molar-refractivity contribution in [1.82, 2.24) is 10.2 Å². The lowest BCUT2D eigenvalue weighted by Crippen LogP contribution is -2.49. The van der Waals surface area contributed by atoms with Crippen LogP contribution in [0.3, 0.4) is 0 Å². The highest BCUT2D eigenvalue weighted by Crippen LogP contribution is 2.47. The van der Waals surface area contributed by atoms with Crippen LogP contribution in [0.25, 0.3) is 0 Å². The number of nitrogens with zero attached hydrogens (tertiary/aromatic N) is 1. The summed E-state index contributed by atoms with van der Waals surface area (Å²) in [5, 5.41) is 3.20. The van der Waals surface area contributed by atoms with Crippen LogP contribution >= 0.6 is 0 Å². The van der Waals surface area contributed by atoms with Crippen molar-refractivity contribution >= 4 is 6.03 Å². The van der Waals surface area contributed by atoms with Crippen LogP contribution in [0.2, 0.25) is 0 Å². The number of hydrogen-bond donors (Lipinski definition) is 1. The fourth-order valence-electron chi connectivity index (χ4n) is 3.55. The van der Waals surface area contributed by atoms with E-state index in [-0.39, 0.29) is 11.4 Å². The third-order valence-corrected chi connectivity index (χ3v) is 5.18. The number of hydrogen-bond acceptors (Lipinski definition) is 1. The van der Waals surface area contributed by atoms with Crippen LogP contribution in [-0.4, -0.2) is 30.1 Å². The average Bonchev–Trinajstić information content (AvgIpc) is 3.34. The number of likely N-dealkylation sites (tertiary alicyclic amines) is 1. The van der Waals surface area contributed by atoms with Gasteiger partial charge in [0.1, 0.15) is 0 Å². The molecule has 1 atom stereocenters. The fraction of sp³-hybridized carbons (Fsp3) is 0.611. The fourth-order valence-corrected chi connectivity index (χ4v) is 3.55. The average molecular weight is 286 g/mol. The second-order valence-electron chi connectivity index (χ2n) is 6.56. The maximum absolute atomic E-state index is 12.5. The standard InChI is InChI=1S/C18H26N2O/c1-2-16-10-6-7-13-20(16)17(21)19-14-18(11-12-18)15-8-4-3-5-9-15/h3-5,8-9,16H,2,6-7,10-14H2,1H3,(H,19,21). The van der Waals surface area contributed by atoms with Gasteiger partial charge in [-0.05, 0) is 44.1 Å². The first-order valence-corrected chi connectivity index (χ1v) is 8.35. The lowest BCUT2D eigenvalue weighted by atomic mass is 9.96. The molecule has 3 nitrogen and oxygen atoms in total. The summed E-state index contributed by atoms with van der Waals surface area (Å²) in [6.45, 7) is 3.88. The molecular weight excluding hydrogens is 260 g/mol. The van der Waals surface area contributed by atoms with Gasteiger partial charge in [0.15, 0.2) is 0 Å². The van der Waals surface area contributed by atoms with E-state index in [2.05, 4.69) is 47.5 Å². The Morgan fingerprint density at radius 2 is 2.05 bits per heavy atom. The molecule has 0 bridgehead atoms. The molecule has 0 aromatic heterocycles. The molecule has 3 rings (SSSR count). The Morgan fingerprint density at radius 3 is 2.71 bits per heavy atom. The molecule has 1 heterocycles. The molecule has 1 aromatic rings. The molecule has 1 aliphatic carbocycles. The van der Waals surface area contributed by atoms with Crippen LogP contribution in [0, 0.1) is 0 Å². The summed E-state index contributed by atoms with van der Waals surface area (Å²) in [5.74, 6) is 0. The molecule has 2 aliphatic rings. The summed E-state index contributed by atoms with van der Waals surface area (Å²) in [6.07, 6.45) is 7.01. The second-order valence-corrected chi connectivity index (χ2v) is 6.56. The van der Waals surface area contributed by atoms with Gasteiger partial charge >= 0.3 is 6.03 Å².